The molecule has 0 saturated carbocycles. The van der Waals surface area contributed by atoms with Crippen molar-refractivity contribution in [1.82, 2.24) is 19.9 Å². The summed E-state index contributed by atoms with van der Waals surface area (Å²) in [5, 5.41) is 7.81. The smallest absolute Gasteiger partial charge is 0.230 e. The second-order valence-electron chi connectivity index (χ2n) is 4.94. The molecule has 3 rings (SSSR count). The summed E-state index contributed by atoms with van der Waals surface area (Å²) in [6.45, 7) is 0.428. The van der Waals surface area contributed by atoms with E-state index >= 15 is 0 Å². The molecule has 1 N–H and O–H groups in total. The average Bonchev–Trinajstić information content (AvgIpc) is 3.02. The van der Waals surface area contributed by atoms with Crippen LogP contribution in [0.3, 0.4) is 0 Å². The van der Waals surface area contributed by atoms with E-state index in [4.69, 9.17) is 11.6 Å². The third-order valence-electron chi connectivity index (χ3n) is 3.23. The van der Waals surface area contributed by atoms with Crippen molar-refractivity contribution >= 4 is 34.9 Å². The van der Waals surface area contributed by atoms with Gasteiger partial charge in [-0.3, -0.25) is 4.79 Å². The molecule has 2 aromatic heterocycles. The number of carbonyl (C=O) groups excluding carboxylic acids is 1. The summed E-state index contributed by atoms with van der Waals surface area (Å²) in [7, 11) is 0. The molecule has 0 fully saturated rings. The first kappa shape index (κ1) is 15.8. The van der Waals surface area contributed by atoms with Crippen molar-refractivity contribution in [3.63, 3.8) is 0 Å². The van der Waals surface area contributed by atoms with Crippen LogP contribution in [0.15, 0.2) is 48.8 Å². The normalized spacial score (nSPS) is 10.8. The Balaban J connectivity index is 1.47. The molecule has 0 aliphatic carbocycles. The van der Waals surface area contributed by atoms with E-state index in [0.717, 1.165) is 22.7 Å². The van der Waals surface area contributed by atoms with E-state index in [1.54, 1.807) is 28.7 Å². The minimum atomic E-state index is -0.00542. The molecule has 7 heteroatoms. The number of nitrogens with zero attached hydrogens (tertiary/aromatic N) is 3. The third kappa shape index (κ3) is 4.24. The second-order valence-corrected chi connectivity index (χ2v) is 6.36. The fourth-order valence-corrected chi connectivity index (χ4v) is 3.17. The van der Waals surface area contributed by atoms with Gasteiger partial charge in [-0.2, -0.15) is 5.10 Å². The number of amides is 1. The van der Waals surface area contributed by atoms with Crippen molar-refractivity contribution in [2.45, 2.75) is 12.3 Å². The van der Waals surface area contributed by atoms with E-state index in [2.05, 4.69) is 15.4 Å². The monoisotopic (exact) mass is 346 g/mol. The molecule has 5 nitrogen and oxygen atoms in total. The summed E-state index contributed by atoms with van der Waals surface area (Å²) in [6.07, 6.45) is 3.40. The van der Waals surface area contributed by atoms with E-state index in [9.17, 15) is 4.79 Å². The second kappa shape index (κ2) is 7.48. The molecule has 0 unspecified atom stereocenters. The Hall–Kier alpha value is -2.05. The van der Waals surface area contributed by atoms with Crippen LogP contribution in [0.1, 0.15) is 11.3 Å². The zero-order chi connectivity index (χ0) is 16.1. The van der Waals surface area contributed by atoms with Gasteiger partial charge in [0.15, 0.2) is 5.65 Å². The zero-order valence-electron chi connectivity index (χ0n) is 12.3. The van der Waals surface area contributed by atoms with Gasteiger partial charge in [-0.15, -0.1) is 11.8 Å². The van der Waals surface area contributed by atoms with Crippen LogP contribution in [-0.2, 0) is 17.1 Å². The third-order valence-corrected chi connectivity index (χ3v) is 4.46. The van der Waals surface area contributed by atoms with E-state index in [-0.39, 0.29) is 5.91 Å². The lowest BCUT2D eigenvalue weighted by Crippen LogP contribution is -2.25. The first-order valence-electron chi connectivity index (χ1n) is 7.09. The molecule has 0 bridgehead atoms. The number of hydrogen-bond acceptors (Lipinski definition) is 4. The lowest BCUT2D eigenvalue weighted by molar-refractivity contribution is -0.118. The number of carbonyl (C=O) groups is 1. The van der Waals surface area contributed by atoms with Gasteiger partial charge in [0.05, 0.1) is 24.2 Å². The van der Waals surface area contributed by atoms with Crippen molar-refractivity contribution in [2.75, 3.05) is 5.75 Å². The lowest BCUT2D eigenvalue weighted by atomic mass is 10.2. The maximum atomic E-state index is 11.9. The summed E-state index contributed by atoms with van der Waals surface area (Å²) in [5.74, 6) is 1.15. The number of halogens is 1. The van der Waals surface area contributed by atoms with Crippen LogP contribution < -0.4 is 5.32 Å². The van der Waals surface area contributed by atoms with Crippen LogP contribution in [0, 0.1) is 0 Å². The van der Waals surface area contributed by atoms with Crippen molar-refractivity contribution < 1.29 is 4.79 Å². The van der Waals surface area contributed by atoms with E-state index in [1.807, 2.05) is 36.4 Å². The number of nitrogens with one attached hydrogen (secondary N) is 1. The van der Waals surface area contributed by atoms with Gasteiger partial charge in [-0.25, -0.2) is 9.50 Å². The first-order chi connectivity index (χ1) is 11.2. The van der Waals surface area contributed by atoms with Crippen LogP contribution in [0.4, 0.5) is 0 Å². The molecule has 0 radical (unpaired) electrons. The molecule has 3 aromatic rings. The molecule has 0 spiro atoms. The van der Waals surface area contributed by atoms with Crippen LogP contribution in [0.2, 0.25) is 5.02 Å². The van der Waals surface area contributed by atoms with Crippen molar-refractivity contribution in [1.29, 1.82) is 0 Å². The SMILES string of the molecule is O=C(CSCc1cccc(Cl)c1)NCc1ccnc2ccnn12. The zero-order valence-corrected chi connectivity index (χ0v) is 13.8. The van der Waals surface area contributed by atoms with Gasteiger partial charge in [-0.05, 0) is 23.8 Å². The summed E-state index contributed by atoms with van der Waals surface area (Å²) >= 11 is 7.50. The molecule has 23 heavy (non-hydrogen) atoms. The highest BCUT2D eigenvalue weighted by atomic mass is 35.5. The molecule has 1 aromatic carbocycles. The molecule has 118 valence electrons. The maximum Gasteiger partial charge on any atom is 0.230 e. The van der Waals surface area contributed by atoms with Crippen molar-refractivity contribution in [3.05, 3.63) is 65.1 Å². The molecular formula is C16H15ClN4OS. The molecule has 0 atom stereocenters. The summed E-state index contributed by atoms with van der Waals surface area (Å²) in [6, 6.07) is 11.3. The molecule has 0 aliphatic rings. The lowest BCUT2D eigenvalue weighted by Gasteiger charge is -2.07. The Kier molecular flexibility index (Phi) is 5.15. The van der Waals surface area contributed by atoms with Crippen molar-refractivity contribution in [3.8, 4) is 0 Å². The average molecular weight is 347 g/mol. The van der Waals surface area contributed by atoms with Gasteiger partial charge in [0, 0.05) is 23.0 Å². The first-order valence-corrected chi connectivity index (χ1v) is 8.62. The molecular weight excluding hydrogens is 332 g/mol. The summed E-state index contributed by atoms with van der Waals surface area (Å²) in [5.41, 5.74) is 2.78. The minimum Gasteiger partial charge on any atom is -0.350 e. The van der Waals surface area contributed by atoms with E-state index < -0.39 is 0 Å². The number of aromatic nitrogens is 3. The molecule has 0 aliphatic heterocycles. The van der Waals surface area contributed by atoms with Gasteiger partial charge < -0.3 is 5.32 Å². The summed E-state index contributed by atoms with van der Waals surface area (Å²) in [4.78, 5) is 16.1. The van der Waals surface area contributed by atoms with Gasteiger partial charge in [0.1, 0.15) is 0 Å². The van der Waals surface area contributed by atoms with Crippen molar-refractivity contribution in [2.24, 2.45) is 0 Å². The molecule has 0 saturated heterocycles. The van der Waals surface area contributed by atoms with E-state index in [1.165, 1.54) is 0 Å². The Bertz CT molecular complexity index is 820. The van der Waals surface area contributed by atoms with Crippen LogP contribution in [0.25, 0.3) is 5.65 Å². The standard InChI is InChI=1S/C16H15ClN4OS/c17-13-3-1-2-12(8-13)10-23-11-16(22)19-9-14-4-6-18-15-5-7-20-21(14)15/h1-8H,9-11H2,(H,19,22). The predicted molar refractivity (Wildman–Crippen MR) is 92.4 cm³/mol. The topological polar surface area (TPSA) is 59.3 Å². The summed E-state index contributed by atoms with van der Waals surface area (Å²) < 4.78 is 1.72. The number of rotatable bonds is 6. The van der Waals surface area contributed by atoms with Crippen LogP contribution >= 0.6 is 23.4 Å². The number of hydrogen-bond donors (Lipinski definition) is 1. The van der Waals surface area contributed by atoms with E-state index in [0.29, 0.717) is 17.3 Å². The van der Waals surface area contributed by atoms with Crippen LogP contribution in [0.5, 0.6) is 0 Å². The Labute approximate surface area is 143 Å². The van der Waals surface area contributed by atoms with Gasteiger partial charge in [-0.1, -0.05) is 23.7 Å². The fourth-order valence-electron chi connectivity index (χ4n) is 2.15. The number of thioether (sulfide) groups is 1. The highest BCUT2D eigenvalue weighted by Gasteiger charge is 2.05. The molecule has 1 amide bonds. The quantitative estimate of drug-likeness (QED) is 0.745. The molecule has 2 heterocycles. The number of fused-ring (bicyclic) bond motifs is 1. The maximum absolute atomic E-state index is 11.9. The largest absolute Gasteiger partial charge is 0.350 e. The Morgan fingerprint density at radius 1 is 1.26 bits per heavy atom. The highest BCUT2D eigenvalue weighted by Crippen LogP contribution is 2.16. The minimum absolute atomic E-state index is 0.00542. The predicted octanol–water partition coefficient (Wildman–Crippen LogP) is 2.93. The number of benzene rings is 1. The van der Waals surface area contributed by atoms with Gasteiger partial charge >= 0.3 is 0 Å². The van der Waals surface area contributed by atoms with Gasteiger partial charge in [0.25, 0.3) is 0 Å². The Morgan fingerprint density at radius 3 is 3.04 bits per heavy atom. The Morgan fingerprint density at radius 2 is 2.17 bits per heavy atom. The van der Waals surface area contributed by atoms with Gasteiger partial charge in [0.2, 0.25) is 5.91 Å². The van der Waals surface area contributed by atoms with Crippen LogP contribution in [-0.4, -0.2) is 26.3 Å². The highest BCUT2D eigenvalue weighted by molar-refractivity contribution is 7.99. The fraction of sp³-hybridized carbons (Fsp3) is 0.188.